The zero-order chi connectivity index (χ0) is 13.0. The van der Waals surface area contributed by atoms with Gasteiger partial charge in [-0.2, -0.15) is 0 Å². The van der Waals surface area contributed by atoms with Crippen LogP contribution in [0.5, 0.6) is 0 Å². The van der Waals surface area contributed by atoms with Gasteiger partial charge in [0.1, 0.15) is 5.82 Å². The molecule has 2 rings (SSSR count). The van der Waals surface area contributed by atoms with Crippen molar-refractivity contribution in [2.75, 3.05) is 13.6 Å². The van der Waals surface area contributed by atoms with Gasteiger partial charge in [0.2, 0.25) is 0 Å². The lowest BCUT2D eigenvalue weighted by Crippen LogP contribution is -2.36. The molecule has 1 fully saturated rings. The second-order valence-corrected chi connectivity index (χ2v) is 4.81. The predicted molar refractivity (Wildman–Crippen MR) is 71.4 cm³/mol. The summed E-state index contributed by atoms with van der Waals surface area (Å²) in [5.74, 6) is 5.50. The minimum atomic E-state index is -0.244. The molecule has 0 unspecified atom stereocenters. The van der Waals surface area contributed by atoms with Crippen molar-refractivity contribution in [3.05, 3.63) is 35.1 Å². The van der Waals surface area contributed by atoms with Crippen LogP contribution in [0.2, 0.25) is 0 Å². The highest BCUT2D eigenvalue weighted by Gasteiger charge is 2.22. The molecule has 0 heterocycles. The largest absolute Gasteiger partial charge is 0.320 e. The third-order valence-corrected chi connectivity index (χ3v) is 3.51. The first-order valence-electron chi connectivity index (χ1n) is 6.38. The third kappa shape index (κ3) is 3.10. The van der Waals surface area contributed by atoms with Gasteiger partial charge in [0, 0.05) is 18.2 Å². The van der Waals surface area contributed by atoms with E-state index in [4.69, 9.17) is 5.73 Å². The Hall–Kier alpha value is -1.37. The summed E-state index contributed by atoms with van der Waals surface area (Å²) in [5.41, 5.74) is 7.20. The van der Waals surface area contributed by atoms with Gasteiger partial charge >= 0.3 is 0 Å². The SMILES string of the molecule is CN(Cc1ccc(F)cc1C#CCN)C1CCC1. The van der Waals surface area contributed by atoms with Crippen molar-refractivity contribution >= 4 is 0 Å². The van der Waals surface area contributed by atoms with Crippen LogP contribution < -0.4 is 5.73 Å². The van der Waals surface area contributed by atoms with Crippen LogP contribution in [0, 0.1) is 17.7 Å². The molecule has 18 heavy (non-hydrogen) atoms. The molecule has 0 atom stereocenters. The molecule has 1 aliphatic rings. The average Bonchev–Trinajstić information content (AvgIpc) is 2.27. The van der Waals surface area contributed by atoms with E-state index in [2.05, 4.69) is 23.8 Å². The van der Waals surface area contributed by atoms with Gasteiger partial charge in [-0.05, 0) is 37.6 Å². The predicted octanol–water partition coefficient (Wildman–Crippen LogP) is 2.12. The van der Waals surface area contributed by atoms with Gasteiger partial charge in [0.05, 0.1) is 6.54 Å². The normalized spacial score (nSPS) is 15.1. The summed E-state index contributed by atoms with van der Waals surface area (Å²) in [6, 6.07) is 5.49. The topological polar surface area (TPSA) is 29.3 Å². The Morgan fingerprint density at radius 2 is 2.22 bits per heavy atom. The smallest absolute Gasteiger partial charge is 0.124 e. The zero-order valence-corrected chi connectivity index (χ0v) is 10.7. The van der Waals surface area contributed by atoms with Crippen molar-refractivity contribution in [1.82, 2.24) is 4.90 Å². The lowest BCUT2D eigenvalue weighted by atomic mass is 9.91. The van der Waals surface area contributed by atoms with Crippen LogP contribution in [0.3, 0.4) is 0 Å². The maximum Gasteiger partial charge on any atom is 0.124 e. The van der Waals surface area contributed by atoms with Gasteiger partial charge in [-0.3, -0.25) is 4.90 Å². The minimum absolute atomic E-state index is 0.244. The van der Waals surface area contributed by atoms with Crippen LogP contribution >= 0.6 is 0 Å². The first kappa shape index (κ1) is 13.1. The monoisotopic (exact) mass is 246 g/mol. The van der Waals surface area contributed by atoms with Gasteiger partial charge in [-0.15, -0.1) is 0 Å². The van der Waals surface area contributed by atoms with Gasteiger partial charge in [0.15, 0.2) is 0 Å². The van der Waals surface area contributed by atoms with Crippen LogP contribution in [0.15, 0.2) is 18.2 Å². The Morgan fingerprint density at radius 1 is 1.44 bits per heavy atom. The first-order chi connectivity index (χ1) is 8.70. The second kappa shape index (κ2) is 5.99. The number of hydrogen-bond acceptors (Lipinski definition) is 2. The van der Waals surface area contributed by atoms with Crippen molar-refractivity contribution in [2.45, 2.75) is 31.8 Å². The van der Waals surface area contributed by atoms with Crippen LogP contribution in [0.1, 0.15) is 30.4 Å². The van der Waals surface area contributed by atoms with E-state index in [1.54, 1.807) is 0 Å². The molecule has 1 aliphatic carbocycles. The molecule has 0 bridgehead atoms. The van der Waals surface area contributed by atoms with E-state index in [1.807, 2.05) is 6.07 Å². The first-order valence-corrected chi connectivity index (χ1v) is 6.38. The molecule has 3 heteroatoms. The highest BCUT2D eigenvalue weighted by Crippen LogP contribution is 2.25. The molecule has 0 spiro atoms. The molecule has 0 saturated heterocycles. The average molecular weight is 246 g/mol. The summed E-state index contributed by atoms with van der Waals surface area (Å²) >= 11 is 0. The molecule has 1 aromatic carbocycles. The number of nitrogens with zero attached hydrogens (tertiary/aromatic N) is 1. The fourth-order valence-corrected chi connectivity index (χ4v) is 2.17. The molecule has 1 aromatic rings. The summed E-state index contributed by atoms with van der Waals surface area (Å²) in [6.07, 6.45) is 3.85. The Kier molecular flexibility index (Phi) is 4.35. The van der Waals surface area contributed by atoms with Crippen LogP contribution in [0.4, 0.5) is 4.39 Å². The molecule has 0 aliphatic heterocycles. The molecular formula is C15H19FN2. The minimum Gasteiger partial charge on any atom is -0.320 e. The third-order valence-electron chi connectivity index (χ3n) is 3.51. The number of rotatable bonds is 3. The molecule has 1 saturated carbocycles. The summed E-state index contributed by atoms with van der Waals surface area (Å²) < 4.78 is 13.2. The maximum atomic E-state index is 13.2. The zero-order valence-electron chi connectivity index (χ0n) is 10.7. The van der Waals surface area contributed by atoms with E-state index in [1.165, 1.54) is 31.4 Å². The highest BCUT2D eigenvalue weighted by molar-refractivity contribution is 5.41. The molecule has 2 N–H and O–H groups in total. The Labute approximate surface area is 108 Å². The fourth-order valence-electron chi connectivity index (χ4n) is 2.17. The van der Waals surface area contributed by atoms with Gasteiger partial charge in [-0.1, -0.05) is 24.3 Å². The number of hydrogen-bond donors (Lipinski definition) is 1. The van der Waals surface area contributed by atoms with Crippen LogP contribution in [-0.2, 0) is 6.54 Å². The number of nitrogens with two attached hydrogens (primary N) is 1. The van der Waals surface area contributed by atoms with Crippen molar-refractivity contribution in [3.8, 4) is 11.8 Å². The van der Waals surface area contributed by atoms with Crippen molar-refractivity contribution in [2.24, 2.45) is 5.73 Å². The molecular weight excluding hydrogens is 227 g/mol. The van der Waals surface area contributed by atoms with E-state index >= 15 is 0 Å². The van der Waals surface area contributed by atoms with E-state index < -0.39 is 0 Å². The van der Waals surface area contributed by atoms with Crippen molar-refractivity contribution in [1.29, 1.82) is 0 Å². The summed E-state index contributed by atoms with van der Waals surface area (Å²) in [4.78, 5) is 2.32. The molecule has 96 valence electrons. The second-order valence-electron chi connectivity index (χ2n) is 4.81. The quantitative estimate of drug-likeness (QED) is 0.828. The molecule has 0 radical (unpaired) electrons. The maximum absolute atomic E-state index is 13.2. The van der Waals surface area contributed by atoms with E-state index in [0.717, 1.165) is 17.7 Å². The Bertz CT molecular complexity index is 469. The highest BCUT2D eigenvalue weighted by atomic mass is 19.1. The van der Waals surface area contributed by atoms with Gasteiger partial charge < -0.3 is 5.73 Å². The fraction of sp³-hybridized carbons (Fsp3) is 0.467. The van der Waals surface area contributed by atoms with E-state index in [0.29, 0.717) is 12.6 Å². The number of halogens is 1. The summed E-state index contributed by atoms with van der Waals surface area (Å²) in [6.45, 7) is 1.12. The molecule has 0 aromatic heterocycles. The lowest BCUT2D eigenvalue weighted by molar-refractivity contribution is 0.152. The van der Waals surface area contributed by atoms with E-state index in [-0.39, 0.29) is 5.82 Å². The lowest BCUT2D eigenvalue weighted by Gasteiger charge is -2.34. The van der Waals surface area contributed by atoms with E-state index in [9.17, 15) is 4.39 Å². The molecule has 2 nitrogen and oxygen atoms in total. The van der Waals surface area contributed by atoms with Gasteiger partial charge in [0.25, 0.3) is 0 Å². The Morgan fingerprint density at radius 3 is 2.83 bits per heavy atom. The Balaban J connectivity index is 2.15. The summed E-state index contributed by atoms with van der Waals surface area (Å²) in [7, 11) is 2.12. The van der Waals surface area contributed by atoms with Crippen molar-refractivity contribution in [3.63, 3.8) is 0 Å². The van der Waals surface area contributed by atoms with Gasteiger partial charge in [-0.25, -0.2) is 4.39 Å². The van der Waals surface area contributed by atoms with Crippen molar-refractivity contribution < 1.29 is 4.39 Å². The molecule has 0 amide bonds. The van der Waals surface area contributed by atoms with Crippen LogP contribution in [-0.4, -0.2) is 24.5 Å². The summed E-state index contributed by atoms with van der Waals surface area (Å²) in [5, 5.41) is 0. The van der Waals surface area contributed by atoms with Crippen LogP contribution in [0.25, 0.3) is 0 Å². The standard InChI is InChI=1S/C15H19FN2/c1-18(15-5-2-6-15)11-13-7-8-14(16)10-12(13)4-3-9-17/h7-8,10,15H,2,5-6,9,11,17H2,1H3. The number of benzene rings is 1.